The summed E-state index contributed by atoms with van der Waals surface area (Å²) in [5.74, 6) is 0.169. The number of aromatic nitrogens is 2. The van der Waals surface area contributed by atoms with Crippen LogP contribution in [0, 0.1) is 0 Å². The van der Waals surface area contributed by atoms with Crippen molar-refractivity contribution in [3.63, 3.8) is 0 Å². The third kappa shape index (κ3) is 2.73. The van der Waals surface area contributed by atoms with E-state index in [0.29, 0.717) is 24.0 Å². The minimum absolute atomic E-state index is 0.169. The van der Waals surface area contributed by atoms with Gasteiger partial charge in [0.15, 0.2) is 6.61 Å². The second-order valence-corrected chi connectivity index (χ2v) is 3.79. The first-order chi connectivity index (χ1) is 8.51. The molecule has 2 aromatic heterocycles. The molecule has 0 amide bonds. The van der Waals surface area contributed by atoms with Crippen LogP contribution in [0.3, 0.4) is 0 Å². The summed E-state index contributed by atoms with van der Waals surface area (Å²) >= 11 is 0. The van der Waals surface area contributed by atoms with Crippen molar-refractivity contribution >= 4 is 11.0 Å². The van der Waals surface area contributed by atoms with Gasteiger partial charge < -0.3 is 15.5 Å². The maximum atomic E-state index is 12.1. The molecule has 7 heteroatoms. The number of rotatable bonds is 4. The zero-order valence-electron chi connectivity index (χ0n) is 9.42. The minimum atomic E-state index is -4.36. The van der Waals surface area contributed by atoms with Crippen LogP contribution >= 0.6 is 0 Å². The summed E-state index contributed by atoms with van der Waals surface area (Å²) in [6.07, 6.45) is -0.726. The molecule has 3 N–H and O–H groups in total. The smallest absolute Gasteiger partial charge is 0.422 e. The summed E-state index contributed by atoms with van der Waals surface area (Å²) in [7, 11) is 0. The fraction of sp³-hybridized carbons (Fsp3) is 0.364. The van der Waals surface area contributed by atoms with E-state index in [1.807, 2.05) is 0 Å². The Labute approximate surface area is 101 Å². The highest BCUT2D eigenvalue weighted by Gasteiger charge is 2.29. The van der Waals surface area contributed by atoms with E-state index in [-0.39, 0.29) is 5.75 Å². The number of pyridine rings is 1. The highest BCUT2D eigenvalue weighted by molar-refractivity contribution is 5.86. The summed E-state index contributed by atoms with van der Waals surface area (Å²) in [6, 6.07) is 1.42. The molecule has 98 valence electrons. The van der Waals surface area contributed by atoms with E-state index in [2.05, 4.69) is 9.97 Å². The molecular formula is C11H12F3N3O. The first kappa shape index (κ1) is 12.7. The molecule has 2 heterocycles. The van der Waals surface area contributed by atoms with Crippen LogP contribution in [0.5, 0.6) is 5.75 Å². The molecule has 0 aliphatic heterocycles. The van der Waals surface area contributed by atoms with Gasteiger partial charge in [0.05, 0.1) is 5.39 Å². The molecule has 4 nitrogen and oxygen atoms in total. The zero-order valence-corrected chi connectivity index (χ0v) is 9.42. The molecule has 0 saturated carbocycles. The van der Waals surface area contributed by atoms with Crippen LogP contribution in [0.2, 0.25) is 0 Å². The lowest BCUT2D eigenvalue weighted by Crippen LogP contribution is -2.19. The standard InChI is InChI=1S/C11H12F3N3O/c12-11(13,14)6-18-8-2-4-16-10-9(8)7(1-3-15)5-17-10/h2,4-5H,1,3,6,15H2,(H,16,17). The van der Waals surface area contributed by atoms with Crippen LogP contribution in [0.4, 0.5) is 13.2 Å². The fourth-order valence-corrected chi connectivity index (χ4v) is 1.72. The number of nitrogens with zero attached hydrogens (tertiary/aromatic N) is 1. The van der Waals surface area contributed by atoms with Gasteiger partial charge in [-0.25, -0.2) is 4.98 Å². The van der Waals surface area contributed by atoms with Crippen LogP contribution < -0.4 is 10.5 Å². The van der Waals surface area contributed by atoms with E-state index >= 15 is 0 Å². The largest absolute Gasteiger partial charge is 0.483 e. The van der Waals surface area contributed by atoms with Gasteiger partial charge in [-0.05, 0) is 24.6 Å². The maximum Gasteiger partial charge on any atom is 0.422 e. The lowest BCUT2D eigenvalue weighted by atomic mass is 10.1. The minimum Gasteiger partial charge on any atom is -0.483 e. The second-order valence-electron chi connectivity index (χ2n) is 3.79. The van der Waals surface area contributed by atoms with Crippen molar-refractivity contribution in [3.05, 3.63) is 24.0 Å². The topological polar surface area (TPSA) is 63.9 Å². The highest BCUT2D eigenvalue weighted by Crippen LogP contribution is 2.28. The van der Waals surface area contributed by atoms with E-state index in [4.69, 9.17) is 10.5 Å². The monoisotopic (exact) mass is 259 g/mol. The molecule has 0 fully saturated rings. The normalized spacial score (nSPS) is 12.0. The lowest BCUT2D eigenvalue weighted by Gasteiger charge is -2.10. The lowest BCUT2D eigenvalue weighted by molar-refractivity contribution is -0.153. The number of H-pyrrole nitrogens is 1. The van der Waals surface area contributed by atoms with Gasteiger partial charge in [-0.15, -0.1) is 0 Å². The molecule has 0 bridgehead atoms. The summed E-state index contributed by atoms with van der Waals surface area (Å²) in [5, 5.41) is 0.562. The Kier molecular flexibility index (Phi) is 3.42. The number of aromatic amines is 1. The van der Waals surface area contributed by atoms with Gasteiger partial charge in [-0.2, -0.15) is 13.2 Å². The van der Waals surface area contributed by atoms with E-state index in [0.717, 1.165) is 5.56 Å². The number of hydrogen-bond acceptors (Lipinski definition) is 3. The number of nitrogens with two attached hydrogens (primary N) is 1. The van der Waals surface area contributed by atoms with Crippen molar-refractivity contribution in [2.24, 2.45) is 5.73 Å². The number of fused-ring (bicyclic) bond motifs is 1. The van der Waals surface area contributed by atoms with Crippen molar-refractivity contribution < 1.29 is 17.9 Å². The number of hydrogen-bond donors (Lipinski definition) is 2. The molecule has 0 aliphatic carbocycles. The molecule has 0 spiro atoms. The van der Waals surface area contributed by atoms with Crippen molar-refractivity contribution in [1.29, 1.82) is 0 Å². The number of halogens is 3. The number of ether oxygens (including phenoxy) is 1. The van der Waals surface area contributed by atoms with Crippen molar-refractivity contribution in [2.45, 2.75) is 12.6 Å². The van der Waals surface area contributed by atoms with Gasteiger partial charge in [0.1, 0.15) is 11.4 Å². The Hall–Kier alpha value is -1.76. The predicted molar refractivity (Wildman–Crippen MR) is 60.4 cm³/mol. The van der Waals surface area contributed by atoms with Gasteiger partial charge in [-0.1, -0.05) is 0 Å². The third-order valence-electron chi connectivity index (χ3n) is 2.42. The van der Waals surface area contributed by atoms with Gasteiger partial charge in [0, 0.05) is 12.4 Å². The third-order valence-corrected chi connectivity index (χ3v) is 2.42. The van der Waals surface area contributed by atoms with E-state index in [9.17, 15) is 13.2 Å². The summed E-state index contributed by atoms with van der Waals surface area (Å²) in [4.78, 5) is 6.91. The molecule has 0 radical (unpaired) electrons. The molecular weight excluding hydrogens is 247 g/mol. The van der Waals surface area contributed by atoms with Gasteiger partial charge >= 0.3 is 6.18 Å². The zero-order chi connectivity index (χ0) is 13.2. The quantitative estimate of drug-likeness (QED) is 0.882. The van der Waals surface area contributed by atoms with Gasteiger partial charge in [0.2, 0.25) is 0 Å². The molecule has 0 aromatic carbocycles. The Morgan fingerprint density at radius 3 is 2.83 bits per heavy atom. The van der Waals surface area contributed by atoms with Crippen molar-refractivity contribution in [3.8, 4) is 5.75 Å². The SMILES string of the molecule is NCCc1c[nH]c2nccc(OCC(F)(F)F)c12. The Bertz CT molecular complexity index is 536. The first-order valence-corrected chi connectivity index (χ1v) is 5.36. The maximum absolute atomic E-state index is 12.1. The molecule has 2 rings (SSSR count). The highest BCUT2D eigenvalue weighted by atomic mass is 19.4. The van der Waals surface area contributed by atoms with E-state index in [1.165, 1.54) is 12.3 Å². The molecule has 18 heavy (non-hydrogen) atoms. The van der Waals surface area contributed by atoms with Crippen LogP contribution in [0.15, 0.2) is 18.5 Å². The van der Waals surface area contributed by atoms with Crippen LogP contribution in [0.1, 0.15) is 5.56 Å². The molecule has 0 saturated heterocycles. The van der Waals surface area contributed by atoms with Crippen LogP contribution in [0.25, 0.3) is 11.0 Å². The van der Waals surface area contributed by atoms with Gasteiger partial charge in [-0.3, -0.25) is 0 Å². The van der Waals surface area contributed by atoms with E-state index in [1.54, 1.807) is 6.20 Å². The van der Waals surface area contributed by atoms with Crippen LogP contribution in [-0.4, -0.2) is 29.3 Å². The predicted octanol–water partition coefficient (Wildman–Crippen LogP) is 2.01. The first-order valence-electron chi connectivity index (χ1n) is 5.36. The average molecular weight is 259 g/mol. The fourth-order valence-electron chi connectivity index (χ4n) is 1.72. The average Bonchev–Trinajstić information content (AvgIpc) is 2.70. The molecule has 0 atom stereocenters. The molecule has 0 unspecified atom stereocenters. The number of nitrogens with one attached hydrogen (secondary N) is 1. The Morgan fingerprint density at radius 1 is 1.39 bits per heavy atom. The van der Waals surface area contributed by atoms with Crippen LogP contribution in [-0.2, 0) is 6.42 Å². The van der Waals surface area contributed by atoms with Crippen molar-refractivity contribution in [2.75, 3.05) is 13.2 Å². The number of alkyl halides is 3. The summed E-state index contributed by atoms with van der Waals surface area (Å²) in [5.41, 5.74) is 6.75. The van der Waals surface area contributed by atoms with Crippen molar-refractivity contribution in [1.82, 2.24) is 9.97 Å². The molecule has 0 aliphatic rings. The summed E-state index contributed by atoms with van der Waals surface area (Å²) in [6.45, 7) is -0.917. The van der Waals surface area contributed by atoms with Gasteiger partial charge in [0.25, 0.3) is 0 Å². The Morgan fingerprint density at radius 2 is 2.17 bits per heavy atom. The second kappa shape index (κ2) is 4.85. The van der Waals surface area contributed by atoms with E-state index < -0.39 is 12.8 Å². The summed E-state index contributed by atoms with van der Waals surface area (Å²) < 4.78 is 41.2. The Balaban J connectivity index is 2.34. The molecule has 2 aromatic rings.